The fraction of sp³-hybridized carbons (Fsp3) is 0. The normalized spacial score (nSPS) is 15.4. The first-order chi connectivity index (χ1) is 15.6. The van der Waals surface area contributed by atoms with Crippen LogP contribution in [0.15, 0.2) is 106 Å². The Morgan fingerprint density at radius 3 is 1.62 bits per heavy atom. The zero-order chi connectivity index (χ0) is 22.1. The average Bonchev–Trinajstić information content (AvgIpc) is 3.27. The number of nitrogens with zero attached hydrogens (tertiary/aromatic N) is 2. The molecule has 0 saturated carbocycles. The van der Waals surface area contributed by atoms with Gasteiger partial charge < -0.3 is 4.72 Å². The Kier molecular flexibility index (Phi) is 5.80. The van der Waals surface area contributed by atoms with Gasteiger partial charge in [-0.05, 0) is 36.4 Å². The highest BCUT2D eigenvalue weighted by Crippen LogP contribution is 2.61. The smallest absolute Gasteiger partial charge is 0.236 e. The van der Waals surface area contributed by atoms with E-state index in [1.54, 1.807) is 0 Å². The molecule has 5 rings (SSSR count). The van der Waals surface area contributed by atoms with E-state index in [1.165, 1.54) is 0 Å². The molecule has 0 N–H and O–H groups in total. The van der Waals surface area contributed by atoms with E-state index >= 15 is 0 Å². The second kappa shape index (κ2) is 8.74. The molecule has 8 heteroatoms. The lowest BCUT2D eigenvalue weighted by atomic mass is 10.3. The van der Waals surface area contributed by atoms with Crippen molar-refractivity contribution in [3.63, 3.8) is 0 Å². The predicted molar refractivity (Wildman–Crippen MR) is 130 cm³/mol. The van der Waals surface area contributed by atoms with Crippen molar-refractivity contribution in [3.05, 3.63) is 119 Å². The van der Waals surface area contributed by atoms with Gasteiger partial charge in [0.25, 0.3) is 0 Å². The Balaban J connectivity index is 1.76. The van der Waals surface area contributed by atoms with Crippen molar-refractivity contribution in [3.8, 4) is 0 Å². The Morgan fingerprint density at radius 1 is 0.688 bits per heavy atom. The van der Waals surface area contributed by atoms with E-state index in [0.29, 0.717) is 6.07 Å². The van der Waals surface area contributed by atoms with Crippen LogP contribution in [0.3, 0.4) is 0 Å². The minimum absolute atomic E-state index is 0.00303. The quantitative estimate of drug-likeness (QED) is 0.179. The molecule has 0 amide bonds. The minimum atomic E-state index is -2.59. The number of benzene rings is 4. The molecular formula is C24H16F3N2PS2. The molecule has 2 nitrogen and oxygen atoms in total. The summed E-state index contributed by atoms with van der Waals surface area (Å²) in [5, 5.41) is 3.01. The zero-order valence-corrected chi connectivity index (χ0v) is 19.1. The molecule has 0 aliphatic carbocycles. The lowest BCUT2D eigenvalue weighted by molar-refractivity contribution is 0.491. The van der Waals surface area contributed by atoms with Gasteiger partial charge in [-0.25, -0.2) is 13.2 Å². The lowest BCUT2D eigenvalue weighted by Gasteiger charge is -2.25. The molecule has 0 fully saturated rings. The van der Waals surface area contributed by atoms with Gasteiger partial charge in [-0.2, -0.15) is 0 Å². The van der Waals surface area contributed by atoms with Gasteiger partial charge in [0.2, 0.25) is 7.41 Å². The second-order valence-corrected chi connectivity index (χ2v) is 13.0. The Bertz CT molecular complexity index is 1210. The maximum absolute atomic E-state index is 14.4. The van der Waals surface area contributed by atoms with E-state index in [4.69, 9.17) is 4.13 Å². The fourth-order valence-corrected chi connectivity index (χ4v) is 11.9. The summed E-state index contributed by atoms with van der Waals surface area (Å²) >= 11 is 0. The van der Waals surface area contributed by atoms with Crippen LogP contribution in [0.25, 0.3) is 4.72 Å². The third kappa shape index (κ3) is 3.64. The second-order valence-electron chi connectivity index (χ2n) is 6.96. The maximum Gasteiger partial charge on any atom is 0.236 e. The van der Waals surface area contributed by atoms with E-state index in [-0.39, 0.29) is 10.6 Å². The van der Waals surface area contributed by atoms with Gasteiger partial charge in [0, 0.05) is 11.0 Å². The number of halogens is 3. The van der Waals surface area contributed by atoms with Crippen LogP contribution in [0, 0.1) is 17.5 Å². The summed E-state index contributed by atoms with van der Waals surface area (Å²) < 4.78 is 52.1. The molecule has 0 aromatic heterocycles. The van der Waals surface area contributed by atoms with Gasteiger partial charge in [0.15, 0.2) is 5.82 Å². The number of rotatable bonds is 4. The molecular weight excluding hydrogens is 468 g/mol. The number of hydrogen-bond acceptors (Lipinski definition) is 2. The standard InChI is InChI=1S/C24H16F3N2PS2/c25-20-16-21(26)24-23(22(20)27)28-32(31-24)29-30(17-10-4-1-5-11-17,18-12-6-2-7-13-18)19-14-8-3-9-15-19/h1-16H/t32-/m1/s1. The van der Waals surface area contributed by atoms with Crippen molar-refractivity contribution in [2.24, 2.45) is 4.13 Å². The Morgan fingerprint density at radius 2 is 1.16 bits per heavy atom. The molecule has 0 radical (unpaired) electrons. The number of hydrogen-bond donors (Lipinski definition) is 0. The van der Waals surface area contributed by atoms with Crippen LogP contribution >= 0.6 is 18.2 Å². The fourth-order valence-electron chi connectivity index (χ4n) is 3.56. The third-order valence-electron chi connectivity index (χ3n) is 5.01. The van der Waals surface area contributed by atoms with Crippen LogP contribution in [0.4, 0.5) is 18.9 Å². The molecule has 1 heterocycles. The van der Waals surface area contributed by atoms with E-state index in [9.17, 15) is 13.2 Å². The van der Waals surface area contributed by atoms with Crippen molar-refractivity contribution >= 4 is 49.7 Å². The molecule has 4 aromatic carbocycles. The van der Waals surface area contributed by atoms with Gasteiger partial charge in [0.1, 0.15) is 27.5 Å². The summed E-state index contributed by atoms with van der Waals surface area (Å²) in [6.45, 7) is 0. The highest BCUT2D eigenvalue weighted by Gasteiger charge is 2.46. The third-order valence-corrected chi connectivity index (χ3v) is 12.5. The summed E-state index contributed by atoms with van der Waals surface area (Å²) in [4.78, 5) is 0.00303. The molecule has 1 atom stereocenters. The summed E-state index contributed by atoms with van der Waals surface area (Å²) in [5.41, 5.74) is -0.285. The highest BCUT2D eigenvalue weighted by atomic mass is 33.1. The first kappa shape index (κ1) is 21.3. The molecule has 32 heavy (non-hydrogen) atoms. The summed E-state index contributed by atoms with van der Waals surface area (Å²) in [7, 11) is -2.71. The summed E-state index contributed by atoms with van der Waals surface area (Å²) in [5.74, 6) is -3.20. The molecule has 1 aliphatic heterocycles. The molecule has 0 spiro atoms. The molecule has 0 bridgehead atoms. The lowest BCUT2D eigenvalue weighted by Crippen LogP contribution is -2.29. The van der Waals surface area contributed by atoms with Crippen molar-refractivity contribution in [2.45, 2.75) is 4.90 Å². The first-order valence-electron chi connectivity index (χ1n) is 9.71. The van der Waals surface area contributed by atoms with E-state index in [1.807, 2.05) is 91.0 Å². The largest absolute Gasteiger partial charge is 0.605 e. The van der Waals surface area contributed by atoms with Crippen molar-refractivity contribution in [1.82, 2.24) is 0 Å². The van der Waals surface area contributed by atoms with Crippen LogP contribution in [0.2, 0.25) is 0 Å². The molecule has 0 unspecified atom stereocenters. The maximum atomic E-state index is 14.4. The van der Waals surface area contributed by atoms with Crippen LogP contribution in [-0.2, 0) is 9.91 Å². The van der Waals surface area contributed by atoms with Crippen molar-refractivity contribution in [1.29, 1.82) is 0 Å². The van der Waals surface area contributed by atoms with Gasteiger partial charge in [0.05, 0.1) is 0 Å². The van der Waals surface area contributed by atoms with Gasteiger partial charge >= 0.3 is 0 Å². The first-order valence-corrected chi connectivity index (χ1v) is 13.9. The monoisotopic (exact) mass is 484 g/mol. The zero-order valence-electron chi connectivity index (χ0n) is 16.5. The van der Waals surface area contributed by atoms with Gasteiger partial charge in [-0.1, -0.05) is 85.1 Å². The van der Waals surface area contributed by atoms with Crippen LogP contribution in [0.5, 0.6) is 0 Å². The predicted octanol–water partition coefficient (Wildman–Crippen LogP) is 6.76. The average molecular weight is 485 g/mol. The van der Waals surface area contributed by atoms with E-state index in [0.717, 1.165) is 26.7 Å². The topological polar surface area (TPSA) is 26.5 Å². The van der Waals surface area contributed by atoms with Crippen LogP contribution in [0.1, 0.15) is 0 Å². The van der Waals surface area contributed by atoms with Gasteiger partial charge in [-0.3, -0.25) is 0 Å². The SMILES string of the molecule is Fc1cc(F)c2c(c1F)[N-]/[S@](=N\[P+](c1ccccc1)(c1ccccc1)c1ccccc1)S2. The molecule has 1 aliphatic rings. The molecule has 160 valence electrons. The van der Waals surface area contributed by atoms with Crippen molar-refractivity contribution in [2.75, 3.05) is 0 Å². The van der Waals surface area contributed by atoms with E-state index < -0.39 is 34.8 Å². The van der Waals surface area contributed by atoms with Gasteiger partial charge in [-0.15, -0.1) is 0 Å². The Labute approximate surface area is 190 Å². The number of fused-ring (bicyclic) bond motifs is 1. The van der Waals surface area contributed by atoms with Crippen LogP contribution < -0.4 is 15.9 Å². The van der Waals surface area contributed by atoms with E-state index in [2.05, 4.69) is 4.72 Å². The van der Waals surface area contributed by atoms with Crippen LogP contribution in [-0.4, -0.2) is 0 Å². The Hall–Kier alpha value is -2.60. The molecule has 4 aromatic rings. The highest BCUT2D eigenvalue weighted by molar-refractivity contribution is 8.72. The van der Waals surface area contributed by atoms with Crippen molar-refractivity contribution < 1.29 is 13.2 Å². The minimum Gasteiger partial charge on any atom is -0.605 e. The molecule has 0 saturated heterocycles. The summed E-state index contributed by atoms with van der Waals surface area (Å²) in [6.07, 6.45) is 0. The summed E-state index contributed by atoms with van der Waals surface area (Å²) in [6, 6.07) is 30.3.